The summed E-state index contributed by atoms with van der Waals surface area (Å²) >= 11 is 5.86. The number of nitrogens with one attached hydrogen (secondary N) is 1. The van der Waals surface area contributed by atoms with E-state index in [4.69, 9.17) is 16.3 Å². The summed E-state index contributed by atoms with van der Waals surface area (Å²) in [6, 6.07) is 0. The van der Waals surface area contributed by atoms with Gasteiger partial charge in [0.05, 0.1) is 18.1 Å². The van der Waals surface area contributed by atoms with Crippen molar-refractivity contribution in [3.05, 3.63) is 23.3 Å². The molecule has 0 aromatic carbocycles. The summed E-state index contributed by atoms with van der Waals surface area (Å²) in [6.07, 6.45) is 10.1. The number of rotatable bonds is 15. The van der Waals surface area contributed by atoms with Crippen molar-refractivity contribution in [3.8, 4) is 0 Å². The first-order chi connectivity index (χ1) is 15.7. The molecule has 7 nitrogen and oxygen atoms in total. The van der Waals surface area contributed by atoms with Gasteiger partial charge in [0.15, 0.2) is 5.78 Å². The molecule has 1 aliphatic carbocycles. The van der Waals surface area contributed by atoms with E-state index in [0.29, 0.717) is 6.42 Å². The van der Waals surface area contributed by atoms with Gasteiger partial charge in [0.1, 0.15) is 11.7 Å². The summed E-state index contributed by atoms with van der Waals surface area (Å²) in [5.41, 5.74) is -0.414. The van der Waals surface area contributed by atoms with E-state index in [0.717, 1.165) is 24.8 Å². The molecule has 190 valence electrons. The smallest absolute Gasteiger partial charge is 0.220 e. The zero-order valence-corrected chi connectivity index (χ0v) is 21.0. The van der Waals surface area contributed by atoms with Crippen molar-refractivity contribution < 1.29 is 29.6 Å². The van der Waals surface area contributed by atoms with Crippen LogP contribution >= 0.6 is 11.6 Å². The Labute approximate surface area is 203 Å². The van der Waals surface area contributed by atoms with E-state index in [1.165, 1.54) is 32.6 Å². The van der Waals surface area contributed by atoms with Gasteiger partial charge in [-0.2, -0.15) is 0 Å². The molecule has 1 saturated carbocycles. The third-order valence-corrected chi connectivity index (χ3v) is 6.67. The maximum Gasteiger partial charge on any atom is 0.220 e. The number of allylic oxidation sites excluding steroid dienone is 1. The van der Waals surface area contributed by atoms with Crippen LogP contribution in [0.25, 0.3) is 0 Å². The minimum absolute atomic E-state index is 0.0537. The minimum atomic E-state index is -1.78. The van der Waals surface area contributed by atoms with E-state index < -0.39 is 29.5 Å². The van der Waals surface area contributed by atoms with Crippen molar-refractivity contribution in [2.75, 3.05) is 13.7 Å². The number of unbranched alkanes of at least 4 members (excludes halogenated alkanes) is 4. The Morgan fingerprint density at radius 3 is 2.61 bits per heavy atom. The first-order valence-electron chi connectivity index (χ1n) is 12.0. The first-order valence-corrected chi connectivity index (χ1v) is 12.5. The topological polar surface area (TPSA) is 116 Å². The lowest BCUT2D eigenvalue weighted by atomic mass is 9.69. The second kappa shape index (κ2) is 15.6. The van der Waals surface area contributed by atoms with Crippen molar-refractivity contribution in [1.29, 1.82) is 0 Å². The average Bonchev–Trinajstić information content (AvgIpc) is 2.78. The summed E-state index contributed by atoms with van der Waals surface area (Å²) in [4.78, 5) is 24.6. The first kappa shape index (κ1) is 29.8. The maximum atomic E-state index is 12.4. The SMILES string of the molecule is CCCCCCC[C@@H](C/C=C/CCC(=O)NC/C(=C/Cl)C1C(=O)C(O)CC(O)C1(C)O)OC. The molecule has 0 bridgehead atoms. The Morgan fingerprint density at radius 1 is 1.27 bits per heavy atom. The van der Waals surface area contributed by atoms with E-state index in [2.05, 4.69) is 12.2 Å². The van der Waals surface area contributed by atoms with Gasteiger partial charge in [0.2, 0.25) is 5.91 Å². The molecule has 0 heterocycles. The standard InChI is InChI=1S/C25H42ClNO6/c1-4-5-6-7-9-12-19(33-3)13-10-8-11-14-22(30)27-17-18(16-26)23-24(31)20(28)15-21(29)25(23,2)32/h8,10,16,19-21,23,28-29,32H,4-7,9,11-15,17H2,1-3H3,(H,27,30)/b10-8+,18-16-/t19-,20?,21?,23?,25?/m0/s1. The molecule has 33 heavy (non-hydrogen) atoms. The predicted octanol–water partition coefficient (Wildman–Crippen LogP) is 3.39. The number of carbonyl (C=O) groups excluding carboxylic acids is 2. The number of aliphatic hydroxyl groups is 3. The lowest BCUT2D eigenvalue weighted by molar-refractivity contribution is -0.166. The van der Waals surface area contributed by atoms with Gasteiger partial charge in [-0.15, -0.1) is 0 Å². The average molecular weight is 488 g/mol. The fourth-order valence-electron chi connectivity index (χ4n) is 4.18. The van der Waals surface area contributed by atoms with E-state index in [1.807, 2.05) is 12.2 Å². The van der Waals surface area contributed by atoms with E-state index in [-0.39, 0.29) is 37.0 Å². The molecule has 0 spiro atoms. The minimum Gasteiger partial charge on any atom is -0.390 e. The number of hydrogen-bond donors (Lipinski definition) is 4. The Morgan fingerprint density at radius 2 is 1.97 bits per heavy atom. The van der Waals surface area contributed by atoms with Crippen LogP contribution < -0.4 is 5.32 Å². The number of aliphatic hydroxyl groups excluding tert-OH is 2. The van der Waals surface area contributed by atoms with Gasteiger partial charge in [0, 0.05) is 32.0 Å². The van der Waals surface area contributed by atoms with Crippen LogP contribution in [0.5, 0.6) is 0 Å². The molecular formula is C25H42ClNO6. The van der Waals surface area contributed by atoms with Crippen LogP contribution in [0.1, 0.15) is 78.1 Å². The van der Waals surface area contributed by atoms with Gasteiger partial charge in [0.25, 0.3) is 0 Å². The number of ether oxygens (including phenoxy) is 1. The molecule has 1 aliphatic rings. The highest BCUT2D eigenvalue weighted by Crippen LogP contribution is 2.36. The van der Waals surface area contributed by atoms with Crippen LogP contribution in [0.15, 0.2) is 23.3 Å². The molecule has 0 saturated heterocycles. The lowest BCUT2D eigenvalue weighted by Gasteiger charge is -2.42. The van der Waals surface area contributed by atoms with Crippen molar-refractivity contribution in [2.45, 2.75) is 102 Å². The van der Waals surface area contributed by atoms with Crippen molar-refractivity contribution >= 4 is 23.3 Å². The highest BCUT2D eigenvalue weighted by Gasteiger charge is 2.51. The quantitative estimate of drug-likeness (QED) is 0.208. The third kappa shape index (κ3) is 9.87. The lowest BCUT2D eigenvalue weighted by Crippen LogP contribution is -2.59. The van der Waals surface area contributed by atoms with Gasteiger partial charge < -0.3 is 25.4 Å². The van der Waals surface area contributed by atoms with Crippen LogP contribution in [0.3, 0.4) is 0 Å². The Balaban J connectivity index is 2.41. The number of carbonyl (C=O) groups is 2. The normalized spacial score (nSPS) is 27.2. The molecule has 0 radical (unpaired) electrons. The molecule has 4 N–H and O–H groups in total. The summed E-state index contributed by atoms with van der Waals surface area (Å²) in [5.74, 6) is -2.03. The van der Waals surface area contributed by atoms with Crippen LogP contribution in [0.4, 0.5) is 0 Å². The number of Topliss-reactive ketones (excluding diaryl/α,β-unsaturated/α-hetero) is 1. The molecular weight excluding hydrogens is 446 g/mol. The van der Waals surface area contributed by atoms with E-state index >= 15 is 0 Å². The molecule has 0 aromatic rings. The molecule has 1 fully saturated rings. The van der Waals surface area contributed by atoms with E-state index in [9.17, 15) is 24.9 Å². The molecule has 0 aliphatic heterocycles. The summed E-state index contributed by atoms with van der Waals surface area (Å²) in [6.45, 7) is 3.48. The fraction of sp³-hybridized carbons (Fsp3) is 0.760. The van der Waals surface area contributed by atoms with Crippen molar-refractivity contribution in [1.82, 2.24) is 5.32 Å². The zero-order valence-electron chi connectivity index (χ0n) is 20.3. The number of ketones is 1. The van der Waals surface area contributed by atoms with Gasteiger partial charge in [-0.05, 0) is 31.8 Å². The number of methoxy groups -OCH3 is 1. The zero-order chi connectivity index (χ0) is 24.9. The number of hydrogen-bond acceptors (Lipinski definition) is 6. The van der Waals surface area contributed by atoms with Crippen LogP contribution in [-0.2, 0) is 14.3 Å². The number of halogens is 1. The van der Waals surface area contributed by atoms with Gasteiger partial charge >= 0.3 is 0 Å². The van der Waals surface area contributed by atoms with Crippen LogP contribution in [-0.4, -0.2) is 64.6 Å². The number of amides is 1. The third-order valence-electron chi connectivity index (χ3n) is 6.39. The maximum absolute atomic E-state index is 12.4. The Bertz CT molecular complexity index is 663. The highest BCUT2D eigenvalue weighted by atomic mass is 35.5. The fourth-order valence-corrected chi connectivity index (χ4v) is 4.38. The molecule has 4 unspecified atom stereocenters. The second-order valence-corrected chi connectivity index (χ2v) is 9.31. The Hall–Kier alpha value is -1.25. The monoisotopic (exact) mass is 487 g/mol. The second-order valence-electron chi connectivity index (χ2n) is 9.10. The van der Waals surface area contributed by atoms with Gasteiger partial charge in [-0.1, -0.05) is 62.8 Å². The van der Waals surface area contributed by atoms with E-state index in [1.54, 1.807) is 7.11 Å². The molecule has 5 atom stereocenters. The molecule has 8 heteroatoms. The Kier molecular flexibility index (Phi) is 14.1. The largest absolute Gasteiger partial charge is 0.390 e. The van der Waals surface area contributed by atoms with Crippen molar-refractivity contribution in [2.24, 2.45) is 5.92 Å². The van der Waals surface area contributed by atoms with Gasteiger partial charge in [-0.25, -0.2) is 0 Å². The van der Waals surface area contributed by atoms with Crippen molar-refractivity contribution in [3.63, 3.8) is 0 Å². The predicted molar refractivity (Wildman–Crippen MR) is 130 cm³/mol. The van der Waals surface area contributed by atoms with Crippen LogP contribution in [0.2, 0.25) is 0 Å². The summed E-state index contributed by atoms with van der Waals surface area (Å²) in [7, 11) is 1.73. The van der Waals surface area contributed by atoms with Gasteiger partial charge in [-0.3, -0.25) is 9.59 Å². The summed E-state index contributed by atoms with van der Waals surface area (Å²) < 4.78 is 5.53. The summed E-state index contributed by atoms with van der Waals surface area (Å²) in [5, 5.41) is 33.3. The molecule has 1 amide bonds. The van der Waals surface area contributed by atoms with Crippen LogP contribution in [0, 0.1) is 5.92 Å². The highest BCUT2D eigenvalue weighted by molar-refractivity contribution is 6.26. The molecule has 1 rings (SSSR count). The molecule has 0 aromatic heterocycles.